The van der Waals surface area contributed by atoms with E-state index in [2.05, 4.69) is 53.2 Å². The molecule has 1 aromatic rings. The van der Waals surface area contributed by atoms with Crippen molar-refractivity contribution in [3.05, 3.63) is 29.8 Å². The summed E-state index contributed by atoms with van der Waals surface area (Å²) in [6, 6.07) is -9.69. The number of nitrogens with one attached hydrogen (secondary N) is 10. The van der Waals surface area contributed by atoms with Gasteiger partial charge in [-0.2, -0.15) is 0 Å². The highest BCUT2D eigenvalue weighted by Gasteiger charge is 2.41. The van der Waals surface area contributed by atoms with E-state index in [0.717, 1.165) is 11.8 Å². The van der Waals surface area contributed by atoms with Crippen molar-refractivity contribution in [1.82, 2.24) is 58.1 Å². The largest absolute Gasteiger partial charge is 0.508 e. The van der Waals surface area contributed by atoms with Crippen LogP contribution in [0.3, 0.4) is 0 Å². The van der Waals surface area contributed by atoms with Gasteiger partial charge in [0.05, 0.1) is 44.7 Å². The van der Waals surface area contributed by atoms with Gasteiger partial charge in [0, 0.05) is 19.4 Å². The predicted octanol–water partition coefficient (Wildman–Crippen LogP) is -8.83. The number of nitrogens with two attached hydrogens (primary N) is 4. The van der Waals surface area contributed by atoms with E-state index < -0.39 is 212 Å². The number of carboxylic acids is 1. The molecule has 0 radical (unpaired) electrons. The van der Waals surface area contributed by atoms with Crippen LogP contribution in [0.5, 0.6) is 5.75 Å². The van der Waals surface area contributed by atoms with Gasteiger partial charge >= 0.3 is 5.97 Å². The number of rotatable bonds is 35. The summed E-state index contributed by atoms with van der Waals surface area (Å²) in [6.07, 6.45) is -3.83. The van der Waals surface area contributed by atoms with Crippen LogP contribution in [0.1, 0.15) is 85.6 Å². The minimum atomic E-state index is -1.85. The lowest BCUT2D eigenvalue weighted by Crippen LogP contribution is -2.62. The van der Waals surface area contributed by atoms with Gasteiger partial charge in [-0.15, -0.1) is 0 Å². The van der Waals surface area contributed by atoms with Crippen LogP contribution in [0.15, 0.2) is 24.3 Å². The Morgan fingerprint density at radius 1 is 0.576 bits per heavy atom. The number of carbonyl (C=O) groups excluding carboxylic acids is 14. The van der Waals surface area contributed by atoms with Crippen molar-refractivity contribution in [3.8, 4) is 5.75 Å². The maximum absolute atomic E-state index is 13.7. The molecule has 34 heteroatoms. The molecule has 1 aromatic carbocycles. The average molecular weight is 1210 g/mol. The molecule has 11 atom stereocenters. The van der Waals surface area contributed by atoms with Crippen molar-refractivity contribution >= 4 is 88.7 Å². The van der Waals surface area contributed by atoms with Crippen LogP contribution < -0.4 is 76.1 Å². The van der Waals surface area contributed by atoms with Crippen LogP contribution in [-0.4, -0.2) is 207 Å². The van der Waals surface area contributed by atoms with Gasteiger partial charge in [-0.1, -0.05) is 39.8 Å². The third-order valence-electron chi connectivity index (χ3n) is 12.9. The third-order valence-corrected chi connectivity index (χ3v) is 12.9. The summed E-state index contributed by atoms with van der Waals surface area (Å²) in [5, 5.41) is 62.6. The Labute approximate surface area is 487 Å². The Morgan fingerprint density at radius 2 is 1.08 bits per heavy atom. The first kappa shape index (κ1) is 72.1. The molecule has 0 saturated carbocycles. The van der Waals surface area contributed by atoms with Gasteiger partial charge in [-0.05, 0) is 62.6 Å². The lowest BCUT2D eigenvalue weighted by molar-refractivity contribution is -0.143. The number of likely N-dealkylation sites (tertiary alicyclic amines) is 1. The zero-order valence-corrected chi connectivity index (χ0v) is 47.8. The first-order chi connectivity index (χ1) is 39.7. The van der Waals surface area contributed by atoms with Crippen LogP contribution in [0, 0.1) is 11.8 Å². The molecule has 1 saturated heterocycles. The molecule has 1 heterocycles. The number of aliphatic carboxylic acids is 1. The number of aromatic hydroxyl groups is 1. The molecule has 14 amide bonds. The first-order valence-corrected chi connectivity index (χ1v) is 26.8. The van der Waals surface area contributed by atoms with Crippen molar-refractivity contribution in [2.75, 3.05) is 26.2 Å². The quantitative estimate of drug-likeness (QED) is 0.0300. The van der Waals surface area contributed by atoms with Crippen LogP contribution in [0.2, 0.25) is 0 Å². The van der Waals surface area contributed by atoms with Gasteiger partial charge in [0.25, 0.3) is 0 Å². The average Bonchev–Trinajstić information content (AvgIpc) is 3.65. The SMILES string of the molecule is CC(C)[C@H](NC(=O)[C@H](CC(N)=O)NC(=O)[C@@H](NC(=O)[C@@H]1CCCN1C(=O)[C@H](C)NC(=O)[C@@H](NC(=O)[C@@H](N)CC(N)=O)C(C)C)[C@@H](C)O)C(=O)NCC(=O)N[C@@H](CO)C(=O)N[C@@H](CCC(N)=O)C(=O)NCC(=O)N[C@@H](Cc1ccc(O)cc1)C(=O)O. The summed E-state index contributed by atoms with van der Waals surface area (Å²) in [4.78, 5) is 194. The number of primary amides is 3. The van der Waals surface area contributed by atoms with E-state index >= 15 is 0 Å². The van der Waals surface area contributed by atoms with Gasteiger partial charge < -0.3 is 101 Å². The number of hydrogen-bond acceptors (Lipinski definition) is 19. The number of aliphatic hydroxyl groups is 2. The van der Waals surface area contributed by atoms with E-state index in [1.54, 1.807) is 13.8 Å². The normalized spacial score (nSPS) is 16.4. The fourth-order valence-electron chi connectivity index (χ4n) is 8.29. The molecular formula is C51H79N15O19. The van der Waals surface area contributed by atoms with Crippen molar-refractivity contribution in [2.24, 2.45) is 34.8 Å². The van der Waals surface area contributed by atoms with E-state index in [1.165, 1.54) is 45.0 Å². The van der Waals surface area contributed by atoms with E-state index in [4.69, 9.17) is 22.9 Å². The second-order valence-electron chi connectivity index (χ2n) is 20.7. The Kier molecular flexibility index (Phi) is 29.3. The fraction of sp³-hybridized carbons (Fsp3) is 0.588. The maximum atomic E-state index is 13.7. The standard InChI is InChI=1S/C51H79N15O19/c1-22(2)39(47(80)57-20-38(74)60-32(21-67)45(78)61-29(13-14-34(53)70)43(76)56-19-37(73)59-31(51(84)85)16-26-9-11-27(69)12-10-26)64-44(77)30(18-36(55)72)62-49(82)41(25(6)68)65-46(79)33-8-7-15-66(33)50(83)24(5)58-48(81)40(23(3)4)63-42(75)28(52)17-35(54)71/h9-12,22-25,28-33,39-41,67-69H,7-8,13-21,52H2,1-6H3,(H2,53,70)(H2,54,71)(H2,55,72)(H,56,76)(H,57,80)(H,58,81)(H,59,73)(H,60,74)(H,61,78)(H,62,82)(H,63,75)(H,64,77)(H,65,79)(H,84,85)/t24-,25+,28-,29-,30-,31-,32-,33-,39-,40-,41-/m0/s1. The summed E-state index contributed by atoms with van der Waals surface area (Å²) in [7, 11) is 0. The van der Waals surface area contributed by atoms with E-state index in [9.17, 15) is 92.3 Å². The van der Waals surface area contributed by atoms with Gasteiger partial charge in [0.15, 0.2) is 0 Å². The first-order valence-electron chi connectivity index (χ1n) is 26.8. The van der Waals surface area contributed by atoms with E-state index in [1.807, 2.05) is 0 Å². The maximum Gasteiger partial charge on any atom is 0.326 e. The molecule has 0 aliphatic carbocycles. The molecule has 472 valence electrons. The van der Waals surface area contributed by atoms with Crippen molar-refractivity contribution in [1.29, 1.82) is 0 Å². The number of carbonyl (C=O) groups is 15. The van der Waals surface area contributed by atoms with E-state index in [0.29, 0.717) is 5.56 Å². The molecule has 22 N–H and O–H groups in total. The molecule has 34 nitrogen and oxygen atoms in total. The van der Waals surface area contributed by atoms with Crippen LogP contribution >= 0.6 is 0 Å². The zero-order valence-electron chi connectivity index (χ0n) is 47.8. The second-order valence-corrected chi connectivity index (χ2v) is 20.7. The lowest BCUT2D eigenvalue weighted by Gasteiger charge is -2.31. The Morgan fingerprint density at radius 3 is 1.60 bits per heavy atom. The fourth-order valence-corrected chi connectivity index (χ4v) is 8.29. The summed E-state index contributed by atoms with van der Waals surface area (Å²) in [5.41, 5.74) is 21.9. The molecule has 2 rings (SSSR count). The molecule has 0 aromatic heterocycles. The lowest BCUT2D eigenvalue weighted by atomic mass is 10.0. The van der Waals surface area contributed by atoms with Crippen molar-refractivity contribution < 1.29 is 92.3 Å². The highest BCUT2D eigenvalue weighted by atomic mass is 16.4. The van der Waals surface area contributed by atoms with Gasteiger partial charge in [0.1, 0.15) is 60.1 Å². The number of phenols is 1. The van der Waals surface area contributed by atoms with Crippen LogP contribution in [0.25, 0.3) is 0 Å². The minimum absolute atomic E-state index is 0.0211. The van der Waals surface area contributed by atoms with E-state index in [-0.39, 0.29) is 31.6 Å². The Bertz CT molecular complexity index is 2620. The summed E-state index contributed by atoms with van der Waals surface area (Å²) >= 11 is 0. The molecule has 1 aliphatic rings. The molecule has 1 aliphatic heterocycles. The Balaban J connectivity index is 2.11. The smallest absolute Gasteiger partial charge is 0.326 e. The number of aliphatic hydroxyl groups excluding tert-OH is 2. The van der Waals surface area contributed by atoms with Gasteiger partial charge in [-0.3, -0.25) is 67.1 Å². The number of nitrogens with zero attached hydrogens (tertiary/aromatic N) is 1. The molecule has 0 unspecified atom stereocenters. The van der Waals surface area contributed by atoms with Crippen molar-refractivity contribution in [3.63, 3.8) is 0 Å². The molecule has 85 heavy (non-hydrogen) atoms. The monoisotopic (exact) mass is 1210 g/mol. The van der Waals surface area contributed by atoms with Crippen molar-refractivity contribution in [2.45, 2.75) is 153 Å². The molecule has 0 spiro atoms. The third kappa shape index (κ3) is 24.4. The molecule has 1 fully saturated rings. The Hall–Kier alpha value is -9.05. The topological polar surface area (TPSA) is 565 Å². The second kappa shape index (κ2) is 34.5. The summed E-state index contributed by atoms with van der Waals surface area (Å²) in [5.74, 6) is -16.8. The van der Waals surface area contributed by atoms with Gasteiger partial charge in [-0.25, -0.2) is 4.79 Å². The zero-order chi connectivity index (χ0) is 64.6. The summed E-state index contributed by atoms with van der Waals surface area (Å²) < 4.78 is 0. The number of amides is 14. The summed E-state index contributed by atoms with van der Waals surface area (Å²) in [6.45, 7) is 5.76. The van der Waals surface area contributed by atoms with Crippen LogP contribution in [-0.2, 0) is 78.3 Å². The minimum Gasteiger partial charge on any atom is -0.508 e. The molecule has 0 bridgehead atoms. The highest BCUT2D eigenvalue weighted by Crippen LogP contribution is 2.20. The predicted molar refractivity (Wildman–Crippen MR) is 294 cm³/mol. The number of phenolic OH excluding ortho intramolecular Hbond substituents is 1. The van der Waals surface area contributed by atoms with Crippen LogP contribution in [0.4, 0.5) is 0 Å². The number of benzene rings is 1. The number of carboxylic acid groups (broad SMARTS) is 1. The number of hydrogen-bond donors (Lipinski definition) is 18. The highest BCUT2D eigenvalue weighted by molar-refractivity contribution is 6.00. The molecular weight excluding hydrogens is 1130 g/mol. The van der Waals surface area contributed by atoms with Gasteiger partial charge in [0.2, 0.25) is 82.7 Å².